The highest BCUT2D eigenvalue weighted by Gasteiger charge is 2.27. The third kappa shape index (κ3) is 4.92. The fourth-order valence-corrected chi connectivity index (χ4v) is 4.75. The van der Waals surface area contributed by atoms with Gasteiger partial charge in [-0.15, -0.1) is 0 Å². The molecule has 2 aliphatic heterocycles. The lowest BCUT2D eigenvalue weighted by molar-refractivity contribution is -0.129. The topological polar surface area (TPSA) is 77.0 Å². The standard InChI is InChI=1S/C19H33N7OS/c1-4-15(26-10-6-7-17(26)27)8-9-21-18(20-3)24-11-13-25(14-12-24)19-22-16(5-2)23-28-19/h15H,4-14H2,1-3H3,(H,20,21). The number of anilines is 1. The summed E-state index contributed by atoms with van der Waals surface area (Å²) in [7, 11) is 1.84. The van der Waals surface area contributed by atoms with E-state index in [9.17, 15) is 4.79 Å². The molecular formula is C19H33N7OS. The molecule has 3 rings (SSSR count). The predicted octanol–water partition coefficient (Wildman–Crippen LogP) is 1.59. The van der Waals surface area contributed by atoms with Gasteiger partial charge in [-0.3, -0.25) is 9.79 Å². The number of carbonyl (C=O) groups excluding carboxylic acids is 1. The lowest BCUT2D eigenvalue weighted by Gasteiger charge is -2.36. The van der Waals surface area contributed by atoms with Crippen LogP contribution in [0.5, 0.6) is 0 Å². The highest BCUT2D eigenvalue weighted by molar-refractivity contribution is 7.09. The van der Waals surface area contributed by atoms with Gasteiger partial charge in [-0.2, -0.15) is 4.37 Å². The van der Waals surface area contributed by atoms with Crippen LogP contribution >= 0.6 is 11.5 Å². The van der Waals surface area contributed by atoms with Crippen LogP contribution in [-0.2, 0) is 11.2 Å². The minimum Gasteiger partial charge on any atom is -0.356 e. The van der Waals surface area contributed by atoms with E-state index in [1.165, 1.54) is 11.5 Å². The van der Waals surface area contributed by atoms with Gasteiger partial charge in [0.05, 0.1) is 0 Å². The van der Waals surface area contributed by atoms with E-state index in [0.717, 1.165) is 81.9 Å². The van der Waals surface area contributed by atoms with E-state index < -0.39 is 0 Å². The first-order valence-corrected chi connectivity index (χ1v) is 11.3. The molecule has 1 amide bonds. The molecule has 0 aliphatic carbocycles. The summed E-state index contributed by atoms with van der Waals surface area (Å²) in [5.41, 5.74) is 0. The number of rotatable bonds is 7. The van der Waals surface area contributed by atoms with Crippen LogP contribution in [0, 0.1) is 0 Å². The predicted molar refractivity (Wildman–Crippen MR) is 114 cm³/mol. The molecule has 1 atom stereocenters. The zero-order valence-corrected chi connectivity index (χ0v) is 18.2. The second-order valence-electron chi connectivity index (χ2n) is 7.34. The normalized spacial score (nSPS) is 19.5. The smallest absolute Gasteiger partial charge is 0.222 e. The van der Waals surface area contributed by atoms with Crippen molar-refractivity contribution in [2.75, 3.05) is 51.2 Å². The first-order valence-electron chi connectivity index (χ1n) is 10.5. The van der Waals surface area contributed by atoms with Crippen LogP contribution in [0.1, 0.15) is 45.4 Å². The Morgan fingerprint density at radius 3 is 2.61 bits per heavy atom. The number of aromatic nitrogens is 2. The van der Waals surface area contributed by atoms with Gasteiger partial charge in [0.25, 0.3) is 0 Å². The number of piperazine rings is 1. The average molecular weight is 408 g/mol. The fraction of sp³-hybridized carbons (Fsp3) is 0.789. The second kappa shape index (κ2) is 10.0. The van der Waals surface area contributed by atoms with Gasteiger partial charge < -0.3 is 20.0 Å². The molecule has 0 aromatic carbocycles. The number of likely N-dealkylation sites (tertiary alicyclic amines) is 1. The summed E-state index contributed by atoms with van der Waals surface area (Å²) in [6.07, 6.45) is 4.57. The fourth-order valence-electron chi connectivity index (χ4n) is 3.94. The van der Waals surface area contributed by atoms with Crippen LogP contribution in [0.15, 0.2) is 4.99 Å². The van der Waals surface area contributed by atoms with Gasteiger partial charge in [0, 0.05) is 76.7 Å². The maximum Gasteiger partial charge on any atom is 0.222 e. The molecule has 28 heavy (non-hydrogen) atoms. The third-order valence-corrected chi connectivity index (χ3v) is 6.43. The van der Waals surface area contributed by atoms with Crippen LogP contribution in [0.2, 0.25) is 0 Å². The minimum absolute atomic E-state index is 0.315. The van der Waals surface area contributed by atoms with Crippen molar-refractivity contribution in [3.8, 4) is 0 Å². The highest BCUT2D eigenvalue weighted by atomic mass is 32.1. The number of nitrogens with one attached hydrogen (secondary N) is 1. The van der Waals surface area contributed by atoms with Gasteiger partial charge in [-0.05, 0) is 19.3 Å². The number of hydrogen-bond acceptors (Lipinski definition) is 6. The summed E-state index contributed by atoms with van der Waals surface area (Å²) in [5.74, 6) is 2.20. The Bertz CT molecular complexity index is 669. The summed E-state index contributed by atoms with van der Waals surface area (Å²) >= 11 is 1.50. The number of aliphatic imine (C=N–C) groups is 1. The van der Waals surface area contributed by atoms with Crippen molar-refractivity contribution in [2.45, 2.75) is 52.0 Å². The minimum atomic E-state index is 0.315. The molecule has 0 spiro atoms. The summed E-state index contributed by atoms with van der Waals surface area (Å²) in [6.45, 7) is 9.71. The molecule has 0 radical (unpaired) electrons. The van der Waals surface area contributed by atoms with Crippen molar-refractivity contribution in [3.05, 3.63) is 5.82 Å². The largest absolute Gasteiger partial charge is 0.356 e. The van der Waals surface area contributed by atoms with Gasteiger partial charge in [0.2, 0.25) is 11.0 Å². The monoisotopic (exact) mass is 407 g/mol. The van der Waals surface area contributed by atoms with Crippen molar-refractivity contribution in [2.24, 2.45) is 4.99 Å². The quantitative estimate of drug-likeness (QED) is 0.546. The molecule has 1 aromatic rings. The number of nitrogens with zero attached hydrogens (tertiary/aromatic N) is 6. The maximum atomic E-state index is 12.0. The van der Waals surface area contributed by atoms with Crippen LogP contribution in [0.25, 0.3) is 0 Å². The molecule has 2 aliphatic rings. The number of aryl methyl sites for hydroxylation is 1. The van der Waals surface area contributed by atoms with Crippen LogP contribution in [0.4, 0.5) is 5.13 Å². The molecular weight excluding hydrogens is 374 g/mol. The Morgan fingerprint density at radius 2 is 2.04 bits per heavy atom. The summed E-state index contributed by atoms with van der Waals surface area (Å²) in [5, 5.41) is 4.53. The van der Waals surface area contributed by atoms with Crippen LogP contribution in [-0.4, -0.2) is 83.4 Å². The van der Waals surface area contributed by atoms with Gasteiger partial charge in [-0.25, -0.2) is 4.98 Å². The van der Waals surface area contributed by atoms with Gasteiger partial charge in [-0.1, -0.05) is 13.8 Å². The molecule has 8 nitrogen and oxygen atoms in total. The summed E-state index contributed by atoms with van der Waals surface area (Å²) in [4.78, 5) is 27.8. The lowest BCUT2D eigenvalue weighted by Crippen LogP contribution is -2.53. The molecule has 156 valence electrons. The van der Waals surface area contributed by atoms with Gasteiger partial charge in [0.1, 0.15) is 5.82 Å². The Labute approximate surface area is 172 Å². The van der Waals surface area contributed by atoms with Crippen LogP contribution < -0.4 is 10.2 Å². The third-order valence-electron chi connectivity index (χ3n) is 5.62. The van der Waals surface area contributed by atoms with E-state index in [1.54, 1.807) is 0 Å². The molecule has 1 unspecified atom stereocenters. The number of carbonyl (C=O) groups is 1. The Kier molecular flexibility index (Phi) is 7.47. The van der Waals surface area contributed by atoms with E-state index >= 15 is 0 Å². The van der Waals surface area contributed by atoms with Crippen molar-refractivity contribution in [1.82, 2.24) is 24.5 Å². The van der Waals surface area contributed by atoms with E-state index in [1.807, 2.05) is 7.05 Å². The molecule has 9 heteroatoms. The number of hydrogen-bond donors (Lipinski definition) is 1. The second-order valence-corrected chi connectivity index (χ2v) is 8.07. The van der Waals surface area contributed by atoms with Gasteiger partial charge in [0.15, 0.2) is 5.96 Å². The molecule has 1 N–H and O–H groups in total. The van der Waals surface area contributed by atoms with Gasteiger partial charge >= 0.3 is 0 Å². The van der Waals surface area contributed by atoms with Crippen LogP contribution in [0.3, 0.4) is 0 Å². The molecule has 3 heterocycles. The molecule has 1 aromatic heterocycles. The molecule has 0 saturated carbocycles. The summed E-state index contributed by atoms with van der Waals surface area (Å²) < 4.78 is 4.39. The summed E-state index contributed by atoms with van der Waals surface area (Å²) in [6, 6.07) is 0.336. The van der Waals surface area contributed by atoms with Crippen molar-refractivity contribution in [3.63, 3.8) is 0 Å². The Morgan fingerprint density at radius 1 is 1.25 bits per heavy atom. The van der Waals surface area contributed by atoms with Crippen molar-refractivity contribution in [1.29, 1.82) is 0 Å². The van der Waals surface area contributed by atoms with Crippen molar-refractivity contribution >= 4 is 28.5 Å². The Balaban J connectivity index is 1.45. The van der Waals surface area contributed by atoms with Crippen molar-refractivity contribution < 1.29 is 4.79 Å². The molecule has 2 saturated heterocycles. The first kappa shape index (κ1) is 20.8. The molecule has 0 bridgehead atoms. The lowest BCUT2D eigenvalue weighted by atomic mass is 10.1. The SMILES string of the molecule is CCc1nsc(N2CCN(C(=NC)NCCC(CC)N3CCCC3=O)CC2)n1. The Hall–Kier alpha value is -1.90. The molecule has 2 fully saturated rings. The zero-order valence-electron chi connectivity index (χ0n) is 17.4. The van der Waals surface area contributed by atoms with E-state index in [0.29, 0.717) is 18.4 Å². The maximum absolute atomic E-state index is 12.0. The van der Waals surface area contributed by atoms with E-state index in [-0.39, 0.29) is 0 Å². The average Bonchev–Trinajstić information content (AvgIpc) is 3.38. The first-order chi connectivity index (χ1) is 13.7. The number of guanidine groups is 1. The zero-order chi connectivity index (χ0) is 19.9. The van der Waals surface area contributed by atoms with E-state index in [4.69, 9.17) is 0 Å². The highest BCUT2D eigenvalue weighted by Crippen LogP contribution is 2.20. The van der Waals surface area contributed by atoms with E-state index in [2.05, 4.69) is 48.2 Å². The number of amides is 1.